The Morgan fingerprint density at radius 2 is 1.88 bits per heavy atom. The number of benzene rings is 2. The van der Waals surface area contributed by atoms with Gasteiger partial charge >= 0.3 is 0 Å². The molecule has 0 spiro atoms. The number of nitrogens with zero attached hydrogens (tertiary/aromatic N) is 4. The number of aromatic nitrogens is 4. The van der Waals surface area contributed by atoms with Crippen LogP contribution in [-0.4, -0.2) is 25.3 Å². The summed E-state index contributed by atoms with van der Waals surface area (Å²) >= 11 is 5.89. The highest BCUT2D eigenvalue weighted by Gasteiger charge is 2.13. The van der Waals surface area contributed by atoms with E-state index in [-0.39, 0.29) is 0 Å². The Morgan fingerprint density at radius 1 is 1.08 bits per heavy atom. The minimum atomic E-state index is -0.466. The zero-order valence-electron chi connectivity index (χ0n) is 13.3. The molecule has 0 aliphatic carbocycles. The van der Waals surface area contributed by atoms with Crippen LogP contribution in [0.1, 0.15) is 10.4 Å². The average Bonchev–Trinajstić information content (AvgIpc) is 3.09. The average molecular weight is 366 g/mol. The van der Waals surface area contributed by atoms with Crippen LogP contribution in [-0.2, 0) is 0 Å². The number of hydrogen-bond donors (Lipinski definition) is 1. The van der Waals surface area contributed by atoms with Gasteiger partial charge in [-0.15, -0.1) is 0 Å². The number of hydrogen-bond acceptors (Lipinski definition) is 4. The zero-order chi connectivity index (χ0) is 18.1. The van der Waals surface area contributed by atoms with Crippen molar-refractivity contribution in [1.82, 2.24) is 19.4 Å². The van der Waals surface area contributed by atoms with E-state index in [1.54, 1.807) is 22.9 Å². The first-order valence-electron chi connectivity index (χ1n) is 7.71. The molecular weight excluding hydrogens is 354 g/mol. The molecule has 0 aliphatic rings. The lowest BCUT2D eigenvalue weighted by atomic mass is 10.2. The standard InChI is InChI=1S/C18H12ClN5O2/c19-13-6-4-5-12(9-13)17(25)22-23-11-20-16-15(18(23)26)10-21-24(16)14-7-2-1-3-8-14/h1-11H,(H,22,25). The molecule has 0 atom stereocenters. The number of halogens is 1. The molecule has 2 aromatic heterocycles. The molecule has 4 aromatic rings. The number of amides is 1. The van der Waals surface area contributed by atoms with Gasteiger partial charge < -0.3 is 0 Å². The summed E-state index contributed by atoms with van der Waals surface area (Å²) in [6.07, 6.45) is 2.69. The van der Waals surface area contributed by atoms with Crippen LogP contribution < -0.4 is 11.0 Å². The summed E-state index contributed by atoms with van der Waals surface area (Å²) in [7, 11) is 0. The van der Waals surface area contributed by atoms with Gasteiger partial charge in [-0.25, -0.2) is 14.3 Å². The van der Waals surface area contributed by atoms with E-state index in [2.05, 4.69) is 15.5 Å². The van der Waals surface area contributed by atoms with Crippen molar-refractivity contribution in [1.29, 1.82) is 0 Å². The molecule has 1 N–H and O–H groups in total. The molecule has 26 heavy (non-hydrogen) atoms. The summed E-state index contributed by atoms with van der Waals surface area (Å²) in [6.45, 7) is 0. The van der Waals surface area contributed by atoms with Crippen molar-refractivity contribution in [2.75, 3.05) is 5.43 Å². The van der Waals surface area contributed by atoms with Crippen molar-refractivity contribution in [2.45, 2.75) is 0 Å². The lowest BCUT2D eigenvalue weighted by Crippen LogP contribution is -2.33. The van der Waals surface area contributed by atoms with Gasteiger partial charge in [0.2, 0.25) is 0 Å². The molecule has 0 saturated carbocycles. The lowest BCUT2D eigenvalue weighted by Gasteiger charge is -2.08. The Morgan fingerprint density at radius 3 is 2.65 bits per heavy atom. The van der Waals surface area contributed by atoms with E-state index in [1.807, 2.05) is 30.3 Å². The van der Waals surface area contributed by atoms with Crippen LogP contribution in [0.15, 0.2) is 71.9 Å². The molecule has 0 unspecified atom stereocenters. The fourth-order valence-electron chi connectivity index (χ4n) is 2.55. The van der Waals surface area contributed by atoms with E-state index in [1.165, 1.54) is 18.6 Å². The fourth-order valence-corrected chi connectivity index (χ4v) is 2.74. The molecule has 128 valence electrons. The van der Waals surface area contributed by atoms with E-state index < -0.39 is 11.5 Å². The van der Waals surface area contributed by atoms with Crippen LogP contribution >= 0.6 is 11.6 Å². The second kappa shape index (κ2) is 6.45. The zero-order valence-corrected chi connectivity index (χ0v) is 14.1. The molecule has 0 fully saturated rings. The normalized spacial score (nSPS) is 10.8. The molecule has 0 radical (unpaired) electrons. The van der Waals surface area contributed by atoms with Gasteiger partial charge in [-0.05, 0) is 30.3 Å². The summed E-state index contributed by atoms with van der Waals surface area (Å²) in [5, 5.41) is 4.95. The summed E-state index contributed by atoms with van der Waals surface area (Å²) in [4.78, 5) is 29.2. The molecule has 2 heterocycles. The first-order chi connectivity index (χ1) is 12.6. The molecule has 7 nitrogen and oxygen atoms in total. The summed E-state index contributed by atoms with van der Waals surface area (Å²) in [5.41, 5.74) is 3.61. The van der Waals surface area contributed by atoms with E-state index >= 15 is 0 Å². The number of carbonyl (C=O) groups is 1. The Kier molecular flexibility index (Phi) is 3.98. The quantitative estimate of drug-likeness (QED) is 0.605. The van der Waals surface area contributed by atoms with Crippen LogP contribution in [0, 0.1) is 0 Å². The van der Waals surface area contributed by atoms with Gasteiger partial charge in [0.1, 0.15) is 11.7 Å². The van der Waals surface area contributed by atoms with Crippen LogP contribution in [0.5, 0.6) is 0 Å². The Labute approximate surface area is 152 Å². The second-order valence-corrected chi connectivity index (χ2v) is 5.94. The number of fused-ring (bicyclic) bond motifs is 1. The van der Waals surface area contributed by atoms with E-state index in [0.29, 0.717) is 21.6 Å². The van der Waals surface area contributed by atoms with Gasteiger partial charge in [0, 0.05) is 10.6 Å². The Hall–Kier alpha value is -3.45. The Bertz CT molecular complexity index is 1170. The molecule has 4 rings (SSSR count). The highest BCUT2D eigenvalue weighted by Crippen LogP contribution is 2.13. The first kappa shape index (κ1) is 16.0. The molecule has 0 bridgehead atoms. The molecule has 2 aromatic carbocycles. The van der Waals surface area contributed by atoms with E-state index in [0.717, 1.165) is 10.4 Å². The first-order valence-corrected chi connectivity index (χ1v) is 8.09. The van der Waals surface area contributed by atoms with Gasteiger partial charge in [-0.2, -0.15) is 5.10 Å². The minimum Gasteiger partial charge on any atom is -0.267 e. The fraction of sp³-hybridized carbons (Fsp3) is 0. The summed E-state index contributed by atoms with van der Waals surface area (Å²) in [6, 6.07) is 15.8. The Balaban J connectivity index is 1.71. The number of para-hydroxylation sites is 1. The number of carbonyl (C=O) groups excluding carboxylic acids is 1. The molecule has 1 amide bonds. The largest absolute Gasteiger partial charge is 0.283 e. The lowest BCUT2D eigenvalue weighted by molar-refractivity contribution is 0.101. The predicted octanol–water partition coefficient (Wildman–Crippen LogP) is 2.62. The highest BCUT2D eigenvalue weighted by atomic mass is 35.5. The van der Waals surface area contributed by atoms with Crippen LogP contribution in [0.4, 0.5) is 0 Å². The van der Waals surface area contributed by atoms with Gasteiger partial charge in [-0.3, -0.25) is 15.0 Å². The van der Waals surface area contributed by atoms with Crippen molar-refractivity contribution in [3.63, 3.8) is 0 Å². The van der Waals surface area contributed by atoms with Crippen molar-refractivity contribution in [3.05, 3.63) is 88.1 Å². The number of nitrogens with one attached hydrogen (secondary N) is 1. The maximum absolute atomic E-state index is 12.6. The molecule has 8 heteroatoms. The maximum atomic E-state index is 12.6. The van der Waals surface area contributed by atoms with E-state index in [4.69, 9.17) is 11.6 Å². The van der Waals surface area contributed by atoms with Crippen molar-refractivity contribution in [3.8, 4) is 5.69 Å². The SMILES string of the molecule is O=C(Nn1cnc2c(cnn2-c2ccccc2)c1=O)c1cccc(Cl)c1. The molecule has 0 aliphatic heterocycles. The smallest absolute Gasteiger partial charge is 0.267 e. The van der Waals surface area contributed by atoms with Crippen LogP contribution in [0.3, 0.4) is 0 Å². The predicted molar refractivity (Wildman–Crippen MR) is 98.3 cm³/mol. The van der Waals surface area contributed by atoms with Gasteiger partial charge in [0.25, 0.3) is 11.5 Å². The van der Waals surface area contributed by atoms with Crippen LogP contribution in [0.25, 0.3) is 16.7 Å². The third-order valence-electron chi connectivity index (χ3n) is 3.80. The highest BCUT2D eigenvalue weighted by molar-refractivity contribution is 6.31. The monoisotopic (exact) mass is 365 g/mol. The summed E-state index contributed by atoms with van der Waals surface area (Å²) in [5.74, 6) is -0.466. The third kappa shape index (κ3) is 2.84. The van der Waals surface area contributed by atoms with E-state index in [9.17, 15) is 9.59 Å². The second-order valence-electron chi connectivity index (χ2n) is 5.50. The van der Waals surface area contributed by atoms with Gasteiger partial charge in [-0.1, -0.05) is 35.9 Å². The van der Waals surface area contributed by atoms with Gasteiger partial charge in [0.05, 0.1) is 11.9 Å². The topological polar surface area (TPSA) is 81.8 Å². The van der Waals surface area contributed by atoms with Crippen molar-refractivity contribution < 1.29 is 4.79 Å². The van der Waals surface area contributed by atoms with Crippen molar-refractivity contribution in [2.24, 2.45) is 0 Å². The summed E-state index contributed by atoms with van der Waals surface area (Å²) < 4.78 is 2.60. The molecular formula is C18H12ClN5O2. The van der Waals surface area contributed by atoms with Gasteiger partial charge in [0.15, 0.2) is 5.65 Å². The number of rotatable bonds is 3. The maximum Gasteiger partial charge on any atom is 0.283 e. The third-order valence-corrected chi connectivity index (χ3v) is 4.03. The molecule has 0 saturated heterocycles. The minimum absolute atomic E-state index is 0.294. The van der Waals surface area contributed by atoms with Crippen molar-refractivity contribution >= 4 is 28.5 Å². The van der Waals surface area contributed by atoms with Crippen LogP contribution in [0.2, 0.25) is 5.02 Å².